The zero-order valence-corrected chi connectivity index (χ0v) is 14.2. The molecule has 2 aromatic heterocycles. The van der Waals surface area contributed by atoms with E-state index < -0.39 is 17.3 Å². The van der Waals surface area contributed by atoms with E-state index in [0.717, 1.165) is 16.2 Å². The second-order valence-corrected chi connectivity index (χ2v) is 6.91. The fourth-order valence-corrected chi connectivity index (χ4v) is 4.02. The Balaban J connectivity index is 2.43. The molecule has 0 saturated carbocycles. The van der Waals surface area contributed by atoms with E-state index >= 15 is 0 Å². The zero-order chi connectivity index (χ0) is 18.0. The molecule has 0 bridgehead atoms. The highest BCUT2D eigenvalue weighted by Crippen LogP contribution is 2.09. The molecular formula is C17H10FN3O2S2. The second kappa shape index (κ2) is 6.84. The number of nitrogens with zero attached hydrogens (tertiary/aromatic N) is 2. The maximum absolute atomic E-state index is 13.2. The number of benzene rings is 1. The molecule has 25 heavy (non-hydrogen) atoms. The van der Waals surface area contributed by atoms with Crippen molar-refractivity contribution in [2.24, 2.45) is 5.73 Å². The Kier molecular flexibility index (Phi) is 4.61. The second-order valence-electron chi connectivity index (χ2n) is 4.90. The van der Waals surface area contributed by atoms with Gasteiger partial charge < -0.3 is 5.73 Å². The number of hydrogen-bond acceptors (Lipinski definition) is 5. The Morgan fingerprint density at radius 2 is 2.00 bits per heavy atom. The highest BCUT2D eigenvalue weighted by atomic mass is 32.1. The maximum atomic E-state index is 13.2. The van der Waals surface area contributed by atoms with Gasteiger partial charge in [-0.3, -0.25) is 14.2 Å². The summed E-state index contributed by atoms with van der Waals surface area (Å²) in [5.74, 6) is -1.39. The Bertz CT molecular complexity index is 1150. The van der Waals surface area contributed by atoms with Crippen LogP contribution in [-0.2, 0) is 4.79 Å². The number of aromatic nitrogens is 1. The lowest BCUT2D eigenvalue weighted by Crippen LogP contribution is -2.32. The van der Waals surface area contributed by atoms with Crippen LogP contribution in [0.25, 0.3) is 17.3 Å². The van der Waals surface area contributed by atoms with Crippen LogP contribution < -0.4 is 20.5 Å². The predicted octanol–water partition coefficient (Wildman–Crippen LogP) is 1.09. The van der Waals surface area contributed by atoms with E-state index in [4.69, 9.17) is 5.73 Å². The van der Waals surface area contributed by atoms with Crippen molar-refractivity contribution in [2.45, 2.75) is 0 Å². The summed E-state index contributed by atoms with van der Waals surface area (Å²) in [7, 11) is 0. The molecule has 0 aliphatic rings. The molecule has 8 heteroatoms. The Labute approximate surface area is 149 Å². The van der Waals surface area contributed by atoms with Gasteiger partial charge in [0.2, 0.25) is 0 Å². The predicted molar refractivity (Wildman–Crippen MR) is 95.2 cm³/mol. The molecule has 2 N–H and O–H groups in total. The molecule has 0 aliphatic heterocycles. The highest BCUT2D eigenvalue weighted by Gasteiger charge is 2.14. The number of hydrogen-bond donors (Lipinski definition) is 1. The van der Waals surface area contributed by atoms with Crippen molar-refractivity contribution in [1.82, 2.24) is 4.57 Å². The third-order valence-electron chi connectivity index (χ3n) is 3.30. The molecular weight excluding hydrogens is 361 g/mol. The molecule has 0 fully saturated rings. The van der Waals surface area contributed by atoms with E-state index in [2.05, 4.69) is 0 Å². The van der Waals surface area contributed by atoms with Crippen LogP contribution >= 0.6 is 22.7 Å². The lowest BCUT2D eigenvalue weighted by Gasteiger charge is -2.02. The van der Waals surface area contributed by atoms with Gasteiger partial charge in [-0.25, -0.2) is 4.39 Å². The summed E-state index contributed by atoms with van der Waals surface area (Å²) in [5, 5.41) is 11.1. The number of carbonyl (C=O) groups excluding carboxylic acids is 1. The molecule has 0 aliphatic carbocycles. The van der Waals surface area contributed by atoms with E-state index in [9.17, 15) is 19.2 Å². The molecule has 2 heterocycles. The quantitative estimate of drug-likeness (QED) is 0.747. The van der Waals surface area contributed by atoms with E-state index in [1.165, 1.54) is 40.2 Å². The van der Waals surface area contributed by atoms with E-state index in [1.807, 2.05) is 17.5 Å². The van der Waals surface area contributed by atoms with Gasteiger partial charge in [-0.15, -0.1) is 22.7 Å². The fraction of sp³-hybridized carbons (Fsp3) is 0. The molecule has 0 radical (unpaired) electrons. The number of thiazole rings is 1. The van der Waals surface area contributed by atoms with Gasteiger partial charge in [-0.2, -0.15) is 5.26 Å². The molecule has 124 valence electrons. The molecule has 0 spiro atoms. The molecule has 1 amide bonds. The first kappa shape index (κ1) is 16.8. The number of thiophene rings is 1. The van der Waals surface area contributed by atoms with Gasteiger partial charge in [0.1, 0.15) is 16.5 Å². The van der Waals surface area contributed by atoms with Gasteiger partial charge in [0.25, 0.3) is 11.5 Å². The minimum Gasteiger partial charge on any atom is -0.365 e. The van der Waals surface area contributed by atoms with Gasteiger partial charge in [-0.1, -0.05) is 6.07 Å². The molecule has 1 aromatic carbocycles. The van der Waals surface area contributed by atoms with Crippen molar-refractivity contribution in [3.8, 4) is 11.8 Å². The number of nitrogens with two attached hydrogens (primary N) is 1. The topological polar surface area (TPSA) is 88.9 Å². The lowest BCUT2D eigenvalue weighted by molar-refractivity contribution is -0.112. The van der Waals surface area contributed by atoms with Crippen LogP contribution in [-0.4, -0.2) is 10.5 Å². The van der Waals surface area contributed by atoms with Crippen LogP contribution in [0.4, 0.5) is 4.39 Å². The number of carbonyl (C=O) groups is 1. The van der Waals surface area contributed by atoms with Crippen LogP contribution in [0.1, 0.15) is 4.88 Å². The summed E-state index contributed by atoms with van der Waals surface area (Å²) in [6.45, 7) is 0. The zero-order valence-electron chi connectivity index (χ0n) is 12.6. The third kappa shape index (κ3) is 3.28. The average molecular weight is 371 g/mol. The van der Waals surface area contributed by atoms with Gasteiger partial charge in [-0.05, 0) is 41.8 Å². The third-order valence-corrected chi connectivity index (χ3v) is 5.21. The molecule has 0 saturated heterocycles. The van der Waals surface area contributed by atoms with Crippen LogP contribution in [0.3, 0.4) is 0 Å². The summed E-state index contributed by atoms with van der Waals surface area (Å²) in [5.41, 5.74) is 4.88. The number of halogens is 1. The Morgan fingerprint density at radius 1 is 1.28 bits per heavy atom. The number of primary amides is 1. The molecule has 3 rings (SSSR count). The summed E-state index contributed by atoms with van der Waals surface area (Å²) >= 11 is 2.44. The minimum absolute atomic E-state index is 0.120. The first-order chi connectivity index (χ1) is 12.0. The van der Waals surface area contributed by atoms with Gasteiger partial charge >= 0.3 is 0 Å². The van der Waals surface area contributed by atoms with Crippen molar-refractivity contribution in [3.05, 3.63) is 72.0 Å². The van der Waals surface area contributed by atoms with E-state index in [1.54, 1.807) is 12.1 Å². The van der Waals surface area contributed by atoms with E-state index in [-0.39, 0.29) is 10.2 Å². The van der Waals surface area contributed by atoms with Crippen LogP contribution in [0.15, 0.2) is 46.6 Å². The Hall–Kier alpha value is -3.02. The SMILES string of the molecule is N#C/C(C(N)=O)=c1/s/c(=C\c2cccs2)c(=O)n1-c1ccc(F)cc1. The lowest BCUT2D eigenvalue weighted by atomic mass is 10.3. The van der Waals surface area contributed by atoms with Gasteiger partial charge in [0, 0.05) is 4.88 Å². The average Bonchev–Trinajstić information content (AvgIpc) is 3.19. The van der Waals surface area contributed by atoms with Gasteiger partial charge in [0.05, 0.1) is 10.2 Å². The number of nitriles is 1. The first-order valence-corrected chi connectivity index (χ1v) is 8.68. The van der Waals surface area contributed by atoms with Crippen LogP contribution in [0.2, 0.25) is 0 Å². The maximum Gasteiger partial charge on any atom is 0.273 e. The molecule has 3 aromatic rings. The van der Waals surface area contributed by atoms with Crippen molar-refractivity contribution in [3.63, 3.8) is 0 Å². The monoisotopic (exact) mass is 371 g/mol. The largest absolute Gasteiger partial charge is 0.365 e. The van der Waals surface area contributed by atoms with Crippen molar-refractivity contribution >= 4 is 40.2 Å². The highest BCUT2D eigenvalue weighted by molar-refractivity contribution is 7.11. The summed E-state index contributed by atoms with van der Waals surface area (Å²) in [4.78, 5) is 25.3. The number of amides is 1. The smallest absolute Gasteiger partial charge is 0.273 e. The van der Waals surface area contributed by atoms with Crippen LogP contribution in [0.5, 0.6) is 0 Å². The summed E-state index contributed by atoms with van der Waals surface area (Å²) < 4.78 is 14.9. The normalized spacial score (nSPS) is 12.7. The first-order valence-electron chi connectivity index (χ1n) is 6.98. The summed E-state index contributed by atoms with van der Waals surface area (Å²) in [6.07, 6.45) is 1.68. The molecule has 0 unspecified atom stereocenters. The fourth-order valence-electron chi connectivity index (χ4n) is 2.19. The Morgan fingerprint density at radius 3 is 2.56 bits per heavy atom. The summed E-state index contributed by atoms with van der Waals surface area (Å²) in [6, 6.07) is 10.6. The number of rotatable bonds is 3. The van der Waals surface area contributed by atoms with Crippen molar-refractivity contribution in [2.75, 3.05) is 0 Å². The van der Waals surface area contributed by atoms with Gasteiger partial charge in [0.15, 0.2) is 5.57 Å². The minimum atomic E-state index is -0.928. The van der Waals surface area contributed by atoms with Crippen molar-refractivity contribution in [1.29, 1.82) is 5.26 Å². The standard InChI is InChI=1S/C17H10FN3O2S2/c18-10-3-5-11(6-4-10)21-16(23)14(8-12-2-1-7-24-12)25-17(21)13(9-19)15(20)22/h1-8H,(H2,20,22)/b14-8-,17-13-. The van der Waals surface area contributed by atoms with E-state index in [0.29, 0.717) is 10.2 Å². The van der Waals surface area contributed by atoms with Crippen LogP contribution in [0, 0.1) is 17.1 Å². The van der Waals surface area contributed by atoms with Crippen molar-refractivity contribution < 1.29 is 9.18 Å². The molecule has 0 atom stereocenters. The molecule has 5 nitrogen and oxygen atoms in total.